The van der Waals surface area contributed by atoms with Crippen molar-refractivity contribution in [1.82, 2.24) is 0 Å². The number of ketones is 2. The summed E-state index contributed by atoms with van der Waals surface area (Å²) in [4.78, 5) is 48.3. The van der Waals surface area contributed by atoms with Gasteiger partial charge in [-0.05, 0) is 30.3 Å². The number of rotatable bonds is 4. The highest BCUT2D eigenvalue weighted by atomic mass is 32.1. The van der Waals surface area contributed by atoms with Gasteiger partial charge in [0.25, 0.3) is 0 Å². The van der Waals surface area contributed by atoms with E-state index in [1.54, 1.807) is 36.4 Å². The molecule has 142 valence electrons. The van der Waals surface area contributed by atoms with Gasteiger partial charge in [-0.2, -0.15) is 0 Å². The molecular formula is C21H12N2O5S. The standard InChI is InChI=1S/C21H12N2O5S/c24-18(9-6-13-7-10-19(29-13)23(27)28)22-12-5-8-16-17(11-12)21(26)15-4-2-1-3-14(15)20(16)25/h1-11H,(H,22,24)/b9-6+. The van der Waals surface area contributed by atoms with Gasteiger partial charge < -0.3 is 5.32 Å². The van der Waals surface area contributed by atoms with Crippen molar-refractivity contribution in [2.24, 2.45) is 0 Å². The highest BCUT2D eigenvalue weighted by Crippen LogP contribution is 2.29. The minimum Gasteiger partial charge on any atom is -0.322 e. The van der Waals surface area contributed by atoms with E-state index in [9.17, 15) is 24.5 Å². The third-order valence-electron chi connectivity index (χ3n) is 4.38. The predicted octanol–water partition coefficient (Wildman–Crippen LogP) is 4.08. The number of hydrogen-bond acceptors (Lipinski definition) is 6. The summed E-state index contributed by atoms with van der Waals surface area (Å²) in [6, 6.07) is 14.1. The Labute approximate surface area is 168 Å². The lowest BCUT2D eigenvalue weighted by Crippen LogP contribution is -2.21. The van der Waals surface area contributed by atoms with Gasteiger partial charge in [-0.1, -0.05) is 35.6 Å². The first-order chi connectivity index (χ1) is 13.9. The number of nitro groups is 1. The lowest BCUT2D eigenvalue weighted by molar-refractivity contribution is -0.380. The Morgan fingerprint density at radius 1 is 0.931 bits per heavy atom. The zero-order chi connectivity index (χ0) is 20.5. The van der Waals surface area contributed by atoms with Crippen molar-refractivity contribution < 1.29 is 19.3 Å². The van der Waals surface area contributed by atoms with E-state index in [0.717, 1.165) is 11.3 Å². The monoisotopic (exact) mass is 404 g/mol. The third kappa shape index (κ3) is 3.48. The van der Waals surface area contributed by atoms with Crippen LogP contribution < -0.4 is 5.32 Å². The Hall–Kier alpha value is -3.91. The number of thiophene rings is 1. The van der Waals surface area contributed by atoms with E-state index in [1.807, 2.05) is 0 Å². The first kappa shape index (κ1) is 18.5. The highest BCUT2D eigenvalue weighted by Gasteiger charge is 2.29. The first-order valence-electron chi connectivity index (χ1n) is 8.50. The normalized spacial score (nSPS) is 12.6. The number of nitrogens with zero attached hydrogens (tertiary/aromatic N) is 1. The van der Waals surface area contributed by atoms with E-state index in [0.29, 0.717) is 27.3 Å². The molecule has 29 heavy (non-hydrogen) atoms. The average Bonchev–Trinajstić information content (AvgIpc) is 3.20. The van der Waals surface area contributed by atoms with Crippen LogP contribution >= 0.6 is 11.3 Å². The number of benzene rings is 2. The molecule has 0 unspecified atom stereocenters. The molecule has 0 spiro atoms. The molecule has 0 saturated carbocycles. The van der Waals surface area contributed by atoms with Crippen LogP contribution in [-0.2, 0) is 4.79 Å². The van der Waals surface area contributed by atoms with Gasteiger partial charge in [0.15, 0.2) is 11.6 Å². The molecule has 0 radical (unpaired) electrons. The van der Waals surface area contributed by atoms with E-state index in [-0.39, 0.29) is 22.1 Å². The molecule has 7 nitrogen and oxygen atoms in total. The fourth-order valence-corrected chi connectivity index (χ4v) is 3.77. The van der Waals surface area contributed by atoms with E-state index in [1.165, 1.54) is 30.4 Å². The zero-order valence-corrected chi connectivity index (χ0v) is 15.6. The van der Waals surface area contributed by atoms with Crippen molar-refractivity contribution >= 4 is 45.6 Å². The molecule has 1 N–H and O–H groups in total. The number of hydrogen-bond donors (Lipinski definition) is 1. The molecule has 1 heterocycles. The smallest absolute Gasteiger partial charge is 0.322 e. The number of carbonyl (C=O) groups is 3. The minimum absolute atomic E-state index is 0.0109. The van der Waals surface area contributed by atoms with Crippen LogP contribution in [-0.4, -0.2) is 22.4 Å². The molecule has 0 aliphatic heterocycles. The summed E-state index contributed by atoms with van der Waals surface area (Å²) in [5.74, 6) is -0.962. The molecule has 0 bridgehead atoms. The maximum atomic E-state index is 12.7. The van der Waals surface area contributed by atoms with Crippen molar-refractivity contribution in [2.75, 3.05) is 5.32 Å². The number of fused-ring (bicyclic) bond motifs is 2. The van der Waals surface area contributed by atoms with E-state index >= 15 is 0 Å². The molecule has 4 rings (SSSR count). The summed E-state index contributed by atoms with van der Waals surface area (Å²) in [5, 5.41) is 13.3. The van der Waals surface area contributed by atoms with E-state index in [4.69, 9.17) is 0 Å². The van der Waals surface area contributed by atoms with Crippen LogP contribution in [0.5, 0.6) is 0 Å². The minimum atomic E-state index is -0.494. The predicted molar refractivity (Wildman–Crippen MR) is 108 cm³/mol. The number of amides is 1. The summed E-state index contributed by atoms with van der Waals surface area (Å²) in [7, 11) is 0. The van der Waals surface area contributed by atoms with Gasteiger partial charge in [-0.15, -0.1) is 0 Å². The summed E-state index contributed by atoms with van der Waals surface area (Å²) >= 11 is 0.954. The molecule has 0 saturated heterocycles. The number of nitrogens with one attached hydrogen (secondary N) is 1. The van der Waals surface area contributed by atoms with Gasteiger partial charge in [0.2, 0.25) is 5.91 Å². The molecular weight excluding hydrogens is 392 g/mol. The zero-order valence-electron chi connectivity index (χ0n) is 14.7. The third-order valence-corrected chi connectivity index (χ3v) is 5.39. The summed E-state index contributed by atoms with van der Waals surface area (Å²) in [6.07, 6.45) is 2.72. The molecule has 1 aliphatic rings. The highest BCUT2D eigenvalue weighted by molar-refractivity contribution is 7.16. The number of carbonyl (C=O) groups excluding carboxylic acids is 3. The second-order valence-electron chi connectivity index (χ2n) is 6.22. The summed E-state index contributed by atoms with van der Waals surface area (Å²) < 4.78 is 0. The molecule has 0 fully saturated rings. The first-order valence-corrected chi connectivity index (χ1v) is 9.31. The molecule has 8 heteroatoms. The van der Waals surface area contributed by atoms with Crippen LogP contribution in [0.2, 0.25) is 0 Å². The molecule has 2 aromatic carbocycles. The maximum absolute atomic E-state index is 12.7. The van der Waals surface area contributed by atoms with Crippen molar-refractivity contribution in [3.05, 3.63) is 97.9 Å². The van der Waals surface area contributed by atoms with Crippen molar-refractivity contribution in [3.8, 4) is 0 Å². The Morgan fingerprint density at radius 3 is 2.24 bits per heavy atom. The van der Waals surface area contributed by atoms with Crippen LogP contribution in [0.4, 0.5) is 10.7 Å². The topological polar surface area (TPSA) is 106 Å². The Morgan fingerprint density at radius 2 is 1.59 bits per heavy atom. The lowest BCUT2D eigenvalue weighted by Gasteiger charge is -2.18. The quantitative estimate of drug-likeness (QED) is 0.313. The van der Waals surface area contributed by atoms with Gasteiger partial charge in [0.05, 0.1) is 4.92 Å². The van der Waals surface area contributed by atoms with Crippen LogP contribution in [0.3, 0.4) is 0 Å². The van der Waals surface area contributed by atoms with E-state index in [2.05, 4.69) is 5.32 Å². The summed E-state index contributed by atoms with van der Waals surface area (Å²) in [5.41, 5.74) is 1.62. The van der Waals surface area contributed by atoms with Gasteiger partial charge in [-0.3, -0.25) is 24.5 Å². The molecule has 1 aliphatic carbocycles. The van der Waals surface area contributed by atoms with E-state index < -0.39 is 10.8 Å². The second kappa shape index (κ2) is 7.25. The fraction of sp³-hybridized carbons (Fsp3) is 0. The fourth-order valence-electron chi connectivity index (χ4n) is 3.05. The lowest BCUT2D eigenvalue weighted by atomic mass is 9.84. The molecule has 1 aromatic heterocycles. The van der Waals surface area contributed by atoms with Gasteiger partial charge in [0.1, 0.15) is 0 Å². The largest absolute Gasteiger partial charge is 0.324 e. The van der Waals surface area contributed by atoms with Gasteiger partial charge >= 0.3 is 5.00 Å². The van der Waals surface area contributed by atoms with Crippen molar-refractivity contribution in [2.45, 2.75) is 0 Å². The maximum Gasteiger partial charge on any atom is 0.324 e. The molecule has 3 aromatic rings. The second-order valence-corrected chi connectivity index (χ2v) is 7.31. The van der Waals surface area contributed by atoms with Crippen LogP contribution in [0, 0.1) is 10.1 Å². The molecule has 0 atom stereocenters. The van der Waals surface area contributed by atoms with Gasteiger partial charge in [0, 0.05) is 45.0 Å². The van der Waals surface area contributed by atoms with Crippen LogP contribution in [0.15, 0.2) is 60.7 Å². The van der Waals surface area contributed by atoms with Crippen molar-refractivity contribution in [3.63, 3.8) is 0 Å². The van der Waals surface area contributed by atoms with Gasteiger partial charge in [-0.25, -0.2) is 0 Å². The summed E-state index contributed by atoms with van der Waals surface area (Å²) in [6.45, 7) is 0. The number of anilines is 1. The SMILES string of the molecule is O=C(/C=C/c1ccc([N+](=O)[O-])s1)Nc1ccc2c(c1)C(=O)c1ccccc1C2=O. The Kier molecular flexibility index (Phi) is 4.61. The molecule has 1 amide bonds. The Bertz CT molecular complexity index is 1230. The van der Waals surface area contributed by atoms with Crippen LogP contribution in [0.1, 0.15) is 36.7 Å². The van der Waals surface area contributed by atoms with Crippen molar-refractivity contribution in [1.29, 1.82) is 0 Å². The Balaban J connectivity index is 1.54. The van der Waals surface area contributed by atoms with Crippen LogP contribution in [0.25, 0.3) is 6.08 Å². The average molecular weight is 404 g/mol.